The molecule has 0 aliphatic heterocycles. The van der Waals surface area contributed by atoms with E-state index in [2.05, 4.69) is 17.2 Å². The van der Waals surface area contributed by atoms with E-state index in [1.807, 2.05) is 12.1 Å². The molecule has 0 aromatic heterocycles. The lowest BCUT2D eigenvalue weighted by molar-refractivity contribution is 0.839. The maximum absolute atomic E-state index is 5.91. The highest BCUT2D eigenvalue weighted by Gasteiger charge is 1.98. The number of nitrogens with one attached hydrogen (secondary N) is 1. The van der Waals surface area contributed by atoms with Crippen LogP contribution in [-0.4, -0.2) is 19.0 Å². The Morgan fingerprint density at radius 1 is 1.28 bits per heavy atom. The van der Waals surface area contributed by atoms with Crippen LogP contribution in [-0.2, 0) is 6.42 Å². The Kier molecular flexibility index (Phi) is 9.59. The van der Waals surface area contributed by atoms with Crippen molar-refractivity contribution in [3.8, 4) is 0 Å². The second-order valence-electron chi connectivity index (χ2n) is 3.72. The van der Waals surface area contributed by atoms with Gasteiger partial charge in [-0.3, -0.25) is 4.99 Å². The summed E-state index contributed by atoms with van der Waals surface area (Å²) in [5.74, 6) is 0.486. The third-order valence-electron chi connectivity index (χ3n) is 2.15. The molecule has 3 N–H and O–H groups in total. The van der Waals surface area contributed by atoms with Crippen LogP contribution >= 0.6 is 47.2 Å². The fourth-order valence-corrected chi connectivity index (χ4v) is 1.95. The number of nitrogens with two attached hydrogens (primary N) is 1. The number of halogens is 3. The molecule has 0 atom stereocenters. The van der Waals surface area contributed by atoms with Gasteiger partial charge in [-0.05, 0) is 36.6 Å². The van der Waals surface area contributed by atoms with Gasteiger partial charge >= 0.3 is 0 Å². The van der Waals surface area contributed by atoms with Crippen LogP contribution in [0.2, 0.25) is 10.0 Å². The molecule has 0 saturated carbocycles. The number of rotatable bonds is 5. The van der Waals surface area contributed by atoms with E-state index in [0.29, 0.717) is 16.0 Å². The SMILES string of the molecule is CCCN=C(N)NCCc1cc(Cl)cc(Cl)c1.I. The van der Waals surface area contributed by atoms with Gasteiger partial charge < -0.3 is 11.1 Å². The van der Waals surface area contributed by atoms with Crippen LogP contribution in [0.15, 0.2) is 23.2 Å². The first-order valence-corrected chi connectivity index (χ1v) is 6.36. The van der Waals surface area contributed by atoms with Crippen molar-refractivity contribution in [2.45, 2.75) is 19.8 Å². The first-order chi connectivity index (χ1) is 8.11. The minimum atomic E-state index is 0. The van der Waals surface area contributed by atoms with Crippen LogP contribution in [0.3, 0.4) is 0 Å². The number of aliphatic imine (C=N–C) groups is 1. The van der Waals surface area contributed by atoms with Crippen LogP contribution in [0.1, 0.15) is 18.9 Å². The number of guanidine groups is 1. The molecule has 0 unspecified atom stereocenters. The summed E-state index contributed by atoms with van der Waals surface area (Å²) in [6.07, 6.45) is 1.80. The minimum Gasteiger partial charge on any atom is -0.370 e. The van der Waals surface area contributed by atoms with Crippen molar-refractivity contribution in [1.29, 1.82) is 0 Å². The molecule has 0 spiro atoms. The molecule has 0 amide bonds. The van der Waals surface area contributed by atoms with Gasteiger partial charge in [-0.1, -0.05) is 30.1 Å². The molecule has 0 saturated heterocycles. The highest BCUT2D eigenvalue weighted by molar-refractivity contribution is 14.0. The molecule has 3 nitrogen and oxygen atoms in total. The lowest BCUT2D eigenvalue weighted by atomic mass is 10.1. The second-order valence-corrected chi connectivity index (χ2v) is 4.59. The van der Waals surface area contributed by atoms with Crippen molar-refractivity contribution in [2.75, 3.05) is 13.1 Å². The molecule has 0 radical (unpaired) electrons. The van der Waals surface area contributed by atoms with Crippen molar-refractivity contribution >= 4 is 53.1 Å². The molecule has 1 aromatic carbocycles. The average Bonchev–Trinajstić information content (AvgIpc) is 2.25. The average molecular weight is 402 g/mol. The van der Waals surface area contributed by atoms with Crippen molar-refractivity contribution in [3.63, 3.8) is 0 Å². The van der Waals surface area contributed by atoms with Crippen molar-refractivity contribution in [3.05, 3.63) is 33.8 Å². The Morgan fingerprint density at radius 3 is 2.44 bits per heavy atom. The van der Waals surface area contributed by atoms with Gasteiger partial charge in [0.1, 0.15) is 0 Å². The van der Waals surface area contributed by atoms with E-state index in [1.165, 1.54) is 0 Å². The monoisotopic (exact) mass is 401 g/mol. The van der Waals surface area contributed by atoms with E-state index < -0.39 is 0 Å². The molecule has 0 aliphatic carbocycles. The molecule has 0 heterocycles. The van der Waals surface area contributed by atoms with Crippen molar-refractivity contribution < 1.29 is 0 Å². The molecule has 0 fully saturated rings. The summed E-state index contributed by atoms with van der Waals surface area (Å²) in [5, 5.41) is 4.35. The zero-order valence-corrected chi connectivity index (χ0v) is 14.1. The second kappa shape index (κ2) is 9.69. The largest absolute Gasteiger partial charge is 0.370 e. The lowest BCUT2D eigenvalue weighted by Crippen LogP contribution is -2.33. The third kappa shape index (κ3) is 7.28. The molecule has 1 rings (SSSR count). The lowest BCUT2D eigenvalue weighted by Gasteiger charge is -2.06. The van der Waals surface area contributed by atoms with Gasteiger partial charge in [-0.2, -0.15) is 0 Å². The number of benzene rings is 1. The smallest absolute Gasteiger partial charge is 0.188 e. The number of hydrogen-bond donors (Lipinski definition) is 2. The van der Waals surface area contributed by atoms with E-state index in [0.717, 1.165) is 31.5 Å². The zero-order valence-electron chi connectivity index (χ0n) is 10.2. The van der Waals surface area contributed by atoms with Crippen LogP contribution in [0.5, 0.6) is 0 Å². The van der Waals surface area contributed by atoms with Crippen LogP contribution in [0.4, 0.5) is 0 Å². The fraction of sp³-hybridized carbons (Fsp3) is 0.417. The van der Waals surface area contributed by atoms with Crippen LogP contribution in [0, 0.1) is 0 Å². The van der Waals surface area contributed by atoms with Gasteiger partial charge in [0.15, 0.2) is 5.96 Å². The quantitative estimate of drug-likeness (QED) is 0.451. The standard InChI is InChI=1S/C12H17Cl2N3.HI/c1-2-4-16-12(15)17-5-3-9-6-10(13)8-11(14)7-9;/h6-8H,2-5H2,1H3,(H3,15,16,17);1H. The summed E-state index contributed by atoms with van der Waals surface area (Å²) in [6, 6.07) is 5.51. The number of nitrogens with zero attached hydrogens (tertiary/aromatic N) is 1. The van der Waals surface area contributed by atoms with Crippen LogP contribution < -0.4 is 11.1 Å². The molecule has 0 aliphatic rings. The van der Waals surface area contributed by atoms with Gasteiger partial charge in [-0.15, -0.1) is 24.0 Å². The maximum Gasteiger partial charge on any atom is 0.188 e. The normalized spacial score (nSPS) is 10.9. The maximum atomic E-state index is 5.91. The van der Waals surface area contributed by atoms with Gasteiger partial charge in [0.05, 0.1) is 0 Å². The van der Waals surface area contributed by atoms with Gasteiger partial charge in [0.2, 0.25) is 0 Å². The first-order valence-electron chi connectivity index (χ1n) is 5.60. The summed E-state index contributed by atoms with van der Waals surface area (Å²) in [5.41, 5.74) is 6.75. The van der Waals surface area contributed by atoms with Crippen molar-refractivity contribution in [2.24, 2.45) is 10.7 Å². The Balaban J connectivity index is 0.00000289. The predicted molar refractivity (Wildman–Crippen MR) is 90.4 cm³/mol. The molecule has 1 aromatic rings. The van der Waals surface area contributed by atoms with E-state index in [9.17, 15) is 0 Å². The molecular weight excluding hydrogens is 384 g/mol. The first kappa shape index (κ1) is 17.8. The van der Waals surface area contributed by atoms with Gasteiger partial charge in [0, 0.05) is 23.1 Å². The molecule has 0 bridgehead atoms. The molecule has 18 heavy (non-hydrogen) atoms. The fourth-order valence-electron chi connectivity index (χ4n) is 1.38. The van der Waals surface area contributed by atoms with E-state index in [4.69, 9.17) is 28.9 Å². The highest BCUT2D eigenvalue weighted by Crippen LogP contribution is 2.19. The Morgan fingerprint density at radius 2 is 1.89 bits per heavy atom. The summed E-state index contributed by atoms with van der Waals surface area (Å²) in [4.78, 5) is 4.14. The Labute approximate surface area is 135 Å². The Bertz CT molecular complexity index is 377. The number of hydrogen-bond acceptors (Lipinski definition) is 1. The summed E-state index contributed by atoms with van der Waals surface area (Å²) in [6.45, 7) is 3.53. The van der Waals surface area contributed by atoms with Gasteiger partial charge in [0.25, 0.3) is 0 Å². The highest BCUT2D eigenvalue weighted by atomic mass is 127. The molecule has 102 valence electrons. The minimum absolute atomic E-state index is 0. The van der Waals surface area contributed by atoms with Crippen molar-refractivity contribution in [1.82, 2.24) is 5.32 Å². The van der Waals surface area contributed by atoms with E-state index in [-0.39, 0.29) is 24.0 Å². The molecule has 6 heteroatoms. The van der Waals surface area contributed by atoms with Gasteiger partial charge in [-0.25, -0.2) is 0 Å². The summed E-state index contributed by atoms with van der Waals surface area (Å²) < 4.78 is 0. The summed E-state index contributed by atoms with van der Waals surface area (Å²) in [7, 11) is 0. The Hall–Kier alpha value is -0.200. The third-order valence-corrected chi connectivity index (χ3v) is 2.58. The summed E-state index contributed by atoms with van der Waals surface area (Å²) >= 11 is 11.8. The van der Waals surface area contributed by atoms with Crippen LogP contribution in [0.25, 0.3) is 0 Å². The zero-order chi connectivity index (χ0) is 12.7. The molecular formula is C12H18Cl2IN3. The van der Waals surface area contributed by atoms with E-state index >= 15 is 0 Å². The predicted octanol–water partition coefficient (Wildman–Crippen LogP) is 3.47. The van der Waals surface area contributed by atoms with E-state index in [1.54, 1.807) is 6.07 Å². The topological polar surface area (TPSA) is 50.4 Å².